The van der Waals surface area contributed by atoms with Crippen LogP contribution in [0.25, 0.3) is 0 Å². The molecule has 0 N–H and O–H groups in total. The van der Waals surface area contributed by atoms with Gasteiger partial charge in [-0.05, 0) is 43.6 Å². The van der Waals surface area contributed by atoms with E-state index in [-0.39, 0.29) is 17.7 Å². The van der Waals surface area contributed by atoms with Gasteiger partial charge in [-0.3, -0.25) is 4.79 Å². The zero-order valence-electron chi connectivity index (χ0n) is 15.7. The first-order valence-corrected chi connectivity index (χ1v) is 9.78. The van der Waals surface area contributed by atoms with Crippen LogP contribution in [0.15, 0.2) is 48.5 Å². The Kier molecular flexibility index (Phi) is 5.69. The van der Waals surface area contributed by atoms with E-state index in [1.165, 1.54) is 18.9 Å². The van der Waals surface area contributed by atoms with Gasteiger partial charge in [0.25, 0.3) is 5.91 Å². The van der Waals surface area contributed by atoms with Crippen LogP contribution in [-0.4, -0.2) is 54.6 Å². The van der Waals surface area contributed by atoms with Crippen molar-refractivity contribution >= 4 is 5.91 Å². The molecule has 28 heavy (non-hydrogen) atoms. The first-order valence-electron chi connectivity index (χ1n) is 9.78. The third-order valence-corrected chi connectivity index (χ3v) is 5.55. The lowest BCUT2D eigenvalue weighted by atomic mass is 9.96. The van der Waals surface area contributed by atoms with Gasteiger partial charge in [-0.1, -0.05) is 30.3 Å². The summed E-state index contributed by atoms with van der Waals surface area (Å²) < 4.78 is 33.7. The summed E-state index contributed by atoms with van der Waals surface area (Å²) in [7, 11) is 0. The molecule has 2 aromatic rings. The van der Waals surface area contributed by atoms with E-state index in [0.29, 0.717) is 13.2 Å². The molecule has 0 aliphatic carbocycles. The van der Waals surface area contributed by atoms with Crippen LogP contribution in [0.3, 0.4) is 0 Å². The molecular formula is C22H24F2N2O2. The molecule has 0 saturated carbocycles. The Balaban J connectivity index is 1.66. The number of halogens is 2. The minimum atomic E-state index is -0.834. The van der Waals surface area contributed by atoms with Gasteiger partial charge in [0.1, 0.15) is 11.6 Å². The van der Waals surface area contributed by atoms with Crippen molar-refractivity contribution in [1.29, 1.82) is 0 Å². The van der Waals surface area contributed by atoms with Gasteiger partial charge in [0, 0.05) is 19.2 Å². The summed E-state index contributed by atoms with van der Waals surface area (Å²) in [5, 5.41) is 0. The Bertz CT molecular complexity index is 825. The Hall–Kier alpha value is -2.31. The molecule has 2 aromatic carbocycles. The molecule has 0 radical (unpaired) electrons. The molecule has 2 saturated heterocycles. The number of nitrogens with zero attached hydrogens (tertiary/aromatic N) is 2. The molecule has 2 aliphatic heterocycles. The molecule has 6 heteroatoms. The van der Waals surface area contributed by atoms with Crippen LogP contribution in [0, 0.1) is 11.6 Å². The number of benzene rings is 2. The van der Waals surface area contributed by atoms with E-state index in [2.05, 4.69) is 4.90 Å². The number of likely N-dealkylation sites (tertiary alicyclic amines) is 1. The second-order valence-electron chi connectivity index (χ2n) is 7.40. The highest BCUT2D eigenvalue weighted by Crippen LogP contribution is 2.32. The number of ether oxygens (including phenoxy) is 1. The van der Waals surface area contributed by atoms with Crippen molar-refractivity contribution in [2.24, 2.45) is 0 Å². The lowest BCUT2D eigenvalue weighted by Gasteiger charge is -2.42. The molecule has 2 heterocycles. The van der Waals surface area contributed by atoms with Crippen LogP contribution in [0.1, 0.15) is 34.8 Å². The van der Waals surface area contributed by atoms with Gasteiger partial charge in [0.05, 0.1) is 24.3 Å². The molecule has 0 unspecified atom stereocenters. The number of amides is 1. The van der Waals surface area contributed by atoms with Crippen LogP contribution >= 0.6 is 0 Å². The minimum absolute atomic E-state index is 0.107. The maximum atomic E-state index is 14.3. The molecule has 0 aromatic heterocycles. The zero-order valence-corrected chi connectivity index (χ0v) is 15.7. The smallest absolute Gasteiger partial charge is 0.257 e. The summed E-state index contributed by atoms with van der Waals surface area (Å²) in [5.41, 5.74) is 0.853. The van der Waals surface area contributed by atoms with Crippen molar-refractivity contribution in [3.05, 3.63) is 71.3 Å². The summed E-state index contributed by atoms with van der Waals surface area (Å²) in [6.45, 7) is 3.56. The second-order valence-corrected chi connectivity index (χ2v) is 7.40. The Labute approximate surface area is 163 Å². The molecule has 4 rings (SSSR count). The Morgan fingerprint density at radius 2 is 1.79 bits per heavy atom. The predicted molar refractivity (Wildman–Crippen MR) is 102 cm³/mol. The van der Waals surface area contributed by atoms with Gasteiger partial charge < -0.3 is 14.5 Å². The van der Waals surface area contributed by atoms with Crippen molar-refractivity contribution in [2.75, 3.05) is 32.8 Å². The number of hydrogen-bond acceptors (Lipinski definition) is 3. The summed E-state index contributed by atoms with van der Waals surface area (Å²) in [6.07, 6.45) is 2.15. The van der Waals surface area contributed by atoms with Crippen molar-refractivity contribution in [2.45, 2.75) is 25.0 Å². The van der Waals surface area contributed by atoms with Crippen LogP contribution in [0.4, 0.5) is 8.78 Å². The number of carbonyl (C=O) groups excluding carboxylic acids is 1. The third kappa shape index (κ3) is 3.93. The van der Waals surface area contributed by atoms with Crippen molar-refractivity contribution < 1.29 is 18.3 Å². The first-order chi connectivity index (χ1) is 13.6. The van der Waals surface area contributed by atoms with Gasteiger partial charge in [-0.15, -0.1) is 0 Å². The van der Waals surface area contributed by atoms with Crippen LogP contribution < -0.4 is 0 Å². The highest BCUT2D eigenvalue weighted by atomic mass is 19.1. The Morgan fingerprint density at radius 1 is 1.04 bits per heavy atom. The number of morpholine rings is 1. The molecule has 2 atom stereocenters. The third-order valence-electron chi connectivity index (χ3n) is 5.55. The van der Waals surface area contributed by atoms with Gasteiger partial charge in [-0.2, -0.15) is 0 Å². The summed E-state index contributed by atoms with van der Waals surface area (Å²) in [6, 6.07) is 12.5. The molecule has 2 fully saturated rings. The number of hydrogen-bond donors (Lipinski definition) is 0. The van der Waals surface area contributed by atoms with Gasteiger partial charge in [0.15, 0.2) is 0 Å². The maximum absolute atomic E-state index is 14.3. The van der Waals surface area contributed by atoms with E-state index < -0.39 is 17.5 Å². The van der Waals surface area contributed by atoms with E-state index in [9.17, 15) is 13.6 Å². The van der Waals surface area contributed by atoms with E-state index in [4.69, 9.17) is 4.74 Å². The molecular weight excluding hydrogens is 362 g/mol. The Morgan fingerprint density at radius 3 is 2.50 bits per heavy atom. The topological polar surface area (TPSA) is 32.8 Å². The van der Waals surface area contributed by atoms with Gasteiger partial charge in [-0.25, -0.2) is 8.78 Å². The SMILES string of the molecule is O=C(c1ccc(F)cc1F)N1CCO[C@@H](CN2CCCC2)[C@@H]1c1ccccc1. The standard InChI is InChI=1S/C22H24F2N2O2/c23-17-8-9-18(19(24)14-17)22(27)26-12-13-28-20(15-25-10-4-5-11-25)21(26)16-6-2-1-3-7-16/h1-3,6-9,14,20-21H,4-5,10-13,15H2/t20-,21-/m0/s1. The first kappa shape index (κ1) is 19.0. The average molecular weight is 386 g/mol. The van der Waals surface area contributed by atoms with Gasteiger partial charge >= 0.3 is 0 Å². The highest BCUT2D eigenvalue weighted by molar-refractivity contribution is 5.95. The lowest BCUT2D eigenvalue weighted by molar-refractivity contribution is -0.0708. The predicted octanol–water partition coefficient (Wildman–Crippen LogP) is 3.64. The van der Waals surface area contributed by atoms with Crippen molar-refractivity contribution in [3.8, 4) is 0 Å². The monoisotopic (exact) mass is 386 g/mol. The molecule has 4 nitrogen and oxygen atoms in total. The molecule has 2 aliphatic rings. The van der Waals surface area contributed by atoms with E-state index in [0.717, 1.165) is 37.3 Å². The fraction of sp³-hybridized carbons (Fsp3) is 0.409. The average Bonchev–Trinajstić information content (AvgIpc) is 3.21. The van der Waals surface area contributed by atoms with Crippen LogP contribution in [-0.2, 0) is 4.74 Å². The lowest BCUT2D eigenvalue weighted by Crippen LogP contribution is -2.51. The summed E-state index contributed by atoms with van der Waals surface area (Å²) in [5.74, 6) is -1.96. The van der Waals surface area contributed by atoms with Crippen LogP contribution in [0.2, 0.25) is 0 Å². The number of rotatable bonds is 4. The van der Waals surface area contributed by atoms with E-state index in [1.54, 1.807) is 4.90 Å². The largest absolute Gasteiger partial charge is 0.373 e. The van der Waals surface area contributed by atoms with E-state index >= 15 is 0 Å². The fourth-order valence-corrected chi connectivity index (χ4v) is 4.20. The zero-order chi connectivity index (χ0) is 19.5. The number of carbonyl (C=O) groups is 1. The van der Waals surface area contributed by atoms with Crippen molar-refractivity contribution in [3.63, 3.8) is 0 Å². The molecule has 0 spiro atoms. The maximum Gasteiger partial charge on any atom is 0.257 e. The molecule has 0 bridgehead atoms. The second kappa shape index (κ2) is 8.37. The van der Waals surface area contributed by atoms with E-state index in [1.807, 2.05) is 30.3 Å². The quantitative estimate of drug-likeness (QED) is 0.804. The highest BCUT2D eigenvalue weighted by Gasteiger charge is 2.38. The van der Waals surface area contributed by atoms with Crippen LogP contribution in [0.5, 0.6) is 0 Å². The molecule has 1 amide bonds. The normalized spacial score (nSPS) is 23.1. The fourth-order valence-electron chi connectivity index (χ4n) is 4.20. The summed E-state index contributed by atoms with van der Waals surface area (Å²) >= 11 is 0. The van der Waals surface area contributed by atoms with Crippen molar-refractivity contribution in [1.82, 2.24) is 9.80 Å². The minimum Gasteiger partial charge on any atom is -0.373 e. The van der Waals surface area contributed by atoms with Gasteiger partial charge in [0.2, 0.25) is 0 Å². The molecule has 148 valence electrons. The summed E-state index contributed by atoms with van der Waals surface area (Å²) in [4.78, 5) is 17.2.